The first-order chi connectivity index (χ1) is 31.7. The fraction of sp³-hybridized carbons (Fsp3) is 0.103. The summed E-state index contributed by atoms with van der Waals surface area (Å²) in [6, 6.07) is 55.7. The molecule has 0 amide bonds. The van der Waals surface area contributed by atoms with E-state index in [2.05, 4.69) is 39.3 Å². The van der Waals surface area contributed by atoms with Gasteiger partial charge in [-0.3, -0.25) is 0 Å². The first kappa shape index (κ1) is 42.9. The van der Waals surface area contributed by atoms with Gasteiger partial charge < -0.3 is 9.80 Å². The Morgan fingerprint density at radius 1 is 0.318 bits per heavy atom. The van der Waals surface area contributed by atoms with Crippen LogP contribution < -0.4 is 20.2 Å². The van der Waals surface area contributed by atoms with Gasteiger partial charge in [0.25, 0.3) is 0 Å². The van der Waals surface area contributed by atoms with Crippen LogP contribution in [0.15, 0.2) is 182 Å². The molecule has 0 fully saturated rings. The summed E-state index contributed by atoms with van der Waals surface area (Å²) in [5.41, 5.74) is 4.66. The van der Waals surface area contributed by atoms with Crippen molar-refractivity contribution >= 4 is 93.0 Å². The van der Waals surface area contributed by atoms with Gasteiger partial charge >= 0.3 is 0 Å². The SMILES string of the molecule is C[Si](C)(C)c1ccccc1-c1cc(F)c(N(c2ccccc2)c2ccc3ccc4c(N(c5ccccc5)c5cc(F)c(-c6ccccc6[Si](C)(C)C)cc5F)ccc5ccc2c3c54)cc1F. The van der Waals surface area contributed by atoms with E-state index in [0.717, 1.165) is 42.7 Å². The van der Waals surface area contributed by atoms with E-state index in [-0.39, 0.29) is 22.5 Å². The van der Waals surface area contributed by atoms with Gasteiger partial charge in [-0.1, -0.05) is 171 Å². The molecule has 0 heterocycles. The van der Waals surface area contributed by atoms with Crippen molar-refractivity contribution in [1.82, 2.24) is 0 Å². The predicted molar refractivity (Wildman–Crippen MR) is 276 cm³/mol. The summed E-state index contributed by atoms with van der Waals surface area (Å²) in [7, 11) is -3.84. The van der Waals surface area contributed by atoms with Gasteiger partial charge in [-0.2, -0.15) is 0 Å². The third-order valence-electron chi connectivity index (χ3n) is 12.7. The van der Waals surface area contributed by atoms with Gasteiger partial charge in [0.15, 0.2) is 0 Å². The second kappa shape index (κ2) is 16.5. The Hall–Kier alpha value is -7.01. The van der Waals surface area contributed by atoms with Crippen molar-refractivity contribution in [3.63, 3.8) is 0 Å². The molecule has 0 saturated heterocycles. The topological polar surface area (TPSA) is 6.48 Å². The molecule has 0 unspecified atom stereocenters. The van der Waals surface area contributed by atoms with Gasteiger partial charge in [-0.15, -0.1) is 0 Å². The van der Waals surface area contributed by atoms with E-state index in [0.29, 0.717) is 33.9 Å². The zero-order chi connectivity index (χ0) is 46.1. The minimum Gasteiger partial charge on any atom is -0.307 e. The van der Waals surface area contributed by atoms with Crippen molar-refractivity contribution in [2.75, 3.05) is 9.80 Å². The highest BCUT2D eigenvalue weighted by atomic mass is 28.3. The van der Waals surface area contributed by atoms with Gasteiger partial charge in [0.2, 0.25) is 0 Å². The van der Waals surface area contributed by atoms with Gasteiger partial charge in [0.05, 0.1) is 38.9 Å². The summed E-state index contributed by atoms with van der Waals surface area (Å²) in [6.45, 7) is 13.2. The van der Waals surface area contributed by atoms with Crippen LogP contribution in [0.2, 0.25) is 39.3 Å². The largest absolute Gasteiger partial charge is 0.307 e. The summed E-state index contributed by atoms with van der Waals surface area (Å²) in [5.74, 6) is -2.15. The van der Waals surface area contributed by atoms with Crippen LogP contribution in [-0.4, -0.2) is 16.1 Å². The molecule has 326 valence electrons. The summed E-state index contributed by atoms with van der Waals surface area (Å²) in [5, 5.41) is 7.44. The predicted octanol–water partition coefficient (Wildman–Crippen LogP) is 16.5. The van der Waals surface area contributed by atoms with Crippen molar-refractivity contribution in [1.29, 1.82) is 0 Å². The Bertz CT molecular complexity index is 3220. The molecule has 2 nitrogen and oxygen atoms in total. The fourth-order valence-electron chi connectivity index (χ4n) is 9.70. The van der Waals surface area contributed by atoms with Gasteiger partial charge in [-0.25, -0.2) is 17.6 Å². The molecule has 0 aliphatic heterocycles. The zero-order valence-electron chi connectivity index (χ0n) is 37.7. The molecule has 0 aliphatic rings. The number of nitrogens with zero attached hydrogens (tertiary/aromatic N) is 2. The summed E-state index contributed by atoms with van der Waals surface area (Å²) in [4.78, 5) is 3.57. The van der Waals surface area contributed by atoms with Crippen LogP contribution in [-0.2, 0) is 0 Å². The molecule has 66 heavy (non-hydrogen) atoms. The Balaban J connectivity index is 1.17. The standard InChI is InChI=1S/C58H48F4N2Si2/c1-65(2,3)55-23-15-13-21-41(55)45-33-49(61)53(35-47(45)59)63(39-17-9-7-10-18-39)51-31-27-37-26-30-44-52(32-28-38-25-29-43(51)57(37)58(38)44)64(40-19-11-8-12-20-40)54-36-48(60)46(34-50(54)62)42-22-14-16-24-56(42)66(4,5)6/h7-36H,1-6H3. The van der Waals surface area contributed by atoms with Crippen molar-refractivity contribution in [3.05, 3.63) is 205 Å². The van der Waals surface area contributed by atoms with E-state index in [1.54, 1.807) is 9.80 Å². The summed E-state index contributed by atoms with van der Waals surface area (Å²) < 4.78 is 67.5. The molecule has 0 radical (unpaired) electrons. The molecule has 0 aromatic heterocycles. The van der Waals surface area contributed by atoms with Crippen molar-refractivity contribution in [3.8, 4) is 22.3 Å². The average Bonchev–Trinajstić information content (AvgIpc) is 3.31. The lowest BCUT2D eigenvalue weighted by Crippen LogP contribution is -2.39. The molecule has 0 saturated carbocycles. The molecular formula is C58H48F4N2Si2. The number of para-hydroxylation sites is 2. The van der Waals surface area contributed by atoms with Gasteiger partial charge in [0.1, 0.15) is 23.3 Å². The summed E-state index contributed by atoms with van der Waals surface area (Å²) >= 11 is 0. The van der Waals surface area contributed by atoms with E-state index in [4.69, 9.17) is 0 Å². The number of benzene rings is 10. The highest BCUT2D eigenvalue weighted by Crippen LogP contribution is 2.49. The molecule has 8 heteroatoms. The van der Waals surface area contributed by atoms with Crippen molar-refractivity contribution < 1.29 is 17.6 Å². The van der Waals surface area contributed by atoms with Gasteiger partial charge in [-0.05, 0) is 81.2 Å². The Labute approximate surface area is 385 Å². The first-order valence-corrected chi connectivity index (χ1v) is 29.3. The smallest absolute Gasteiger partial charge is 0.148 e. The van der Waals surface area contributed by atoms with E-state index in [9.17, 15) is 0 Å². The number of halogens is 4. The quantitative estimate of drug-likeness (QED) is 0.0766. The number of rotatable bonds is 10. The van der Waals surface area contributed by atoms with E-state index in [1.807, 2.05) is 158 Å². The van der Waals surface area contributed by atoms with Crippen LogP contribution in [0.4, 0.5) is 51.7 Å². The van der Waals surface area contributed by atoms with Crippen LogP contribution in [0, 0.1) is 23.3 Å². The van der Waals surface area contributed by atoms with Crippen molar-refractivity contribution in [2.24, 2.45) is 0 Å². The molecule has 0 aliphatic carbocycles. The summed E-state index contributed by atoms with van der Waals surface area (Å²) in [6.07, 6.45) is 0. The van der Waals surface area contributed by atoms with Crippen LogP contribution in [0.3, 0.4) is 0 Å². The highest BCUT2D eigenvalue weighted by molar-refractivity contribution is 6.90. The Morgan fingerprint density at radius 3 is 1.05 bits per heavy atom. The minimum absolute atomic E-state index is 0.0762. The molecule has 10 rings (SSSR count). The lowest BCUT2D eigenvalue weighted by Gasteiger charge is -2.30. The normalized spacial score (nSPS) is 12.1. The minimum atomic E-state index is -1.92. The molecular weight excluding hydrogens is 857 g/mol. The first-order valence-electron chi connectivity index (χ1n) is 22.3. The molecule has 0 N–H and O–H groups in total. The van der Waals surface area contributed by atoms with Crippen LogP contribution in [0.25, 0.3) is 54.6 Å². The molecule has 0 spiro atoms. The third kappa shape index (κ3) is 7.44. The fourth-order valence-corrected chi connectivity index (χ4v) is 12.9. The molecule has 0 atom stereocenters. The van der Waals surface area contributed by atoms with Crippen LogP contribution in [0.1, 0.15) is 0 Å². The Morgan fingerprint density at radius 2 is 0.667 bits per heavy atom. The third-order valence-corrected chi connectivity index (χ3v) is 16.8. The van der Waals surface area contributed by atoms with Gasteiger partial charge in [0, 0.05) is 45.4 Å². The highest BCUT2D eigenvalue weighted by Gasteiger charge is 2.29. The van der Waals surface area contributed by atoms with E-state index < -0.39 is 39.4 Å². The molecule has 10 aromatic rings. The maximum atomic E-state index is 17.0. The number of hydrogen-bond donors (Lipinski definition) is 0. The Kier molecular flexibility index (Phi) is 10.7. The van der Waals surface area contributed by atoms with E-state index >= 15 is 17.6 Å². The zero-order valence-corrected chi connectivity index (χ0v) is 39.7. The maximum Gasteiger partial charge on any atom is 0.148 e. The molecule has 0 bridgehead atoms. The number of anilines is 6. The second-order valence-electron chi connectivity index (χ2n) is 19.1. The lowest BCUT2D eigenvalue weighted by molar-refractivity contribution is 0.604. The lowest BCUT2D eigenvalue weighted by atomic mass is 9.91. The average molecular weight is 905 g/mol. The van der Waals surface area contributed by atoms with E-state index in [1.165, 1.54) is 24.3 Å². The second-order valence-corrected chi connectivity index (χ2v) is 29.2. The van der Waals surface area contributed by atoms with Crippen LogP contribution in [0.5, 0.6) is 0 Å². The van der Waals surface area contributed by atoms with Crippen molar-refractivity contribution in [2.45, 2.75) is 39.3 Å². The van der Waals surface area contributed by atoms with Crippen LogP contribution >= 0.6 is 0 Å². The monoisotopic (exact) mass is 904 g/mol. The maximum absolute atomic E-state index is 17.0. The molecule has 10 aromatic carbocycles. The number of hydrogen-bond acceptors (Lipinski definition) is 2.